The molecule has 9 heteroatoms. The second kappa shape index (κ2) is 9.70. The zero-order chi connectivity index (χ0) is 22.6. The molecule has 2 fully saturated rings. The van der Waals surface area contributed by atoms with E-state index in [-0.39, 0.29) is 24.3 Å². The molecule has 2 aromatic carbocycles. The van der Waals surface area contributed by atoms with Gasteiger partial charge in [0.1, 0.15) is 18.0 Å². The quantitative estimate of drug-likeness (QED) is 0.477. The van der Waals surface area contributed by atoms with E-state index < -0.39 is 0 Å². The average Bonchev–Trinajstić information content (AvgIpc) is 3.43. The molecule has 0 radical (unpaired) electrons. The third-order valence-electron chi connectivity index (χ3n) is 5.76. The summed E-state index contributed by atoms with van der Waals surface area (Å²) in [5, 5.41) is 10.5. The van der Waals surface area contributed by atoms with Crippen LogP contribution in [0.2, 0.25) is 0 Å². The monoisotopic (exact) mass is 463 g/mol. The Bertz CT molecular complexity index is 1100. The number of nitrogens with one attached hydrogen (secondary N) is 3. The van der Waals surface area contributed by atoms with Gasteiger partial charge in [0.2, 0.25) is 5.95 Å². The largest absolute Gasteiger partial charge is 0.497 e. The molecule has 2 aliphatic heterocycles. The number of anilines is 2. The van der Waals surface area contributed by atoms with Crippen molar-refractivity contribution in [2.45, 2.75) is 24.3 Å². The molecule has 3 N–H and O–H groups in total. The fraction of sp³-hybridized carbons (Fsp3) is 0.292. The number of para-hydroxylation sites is 1. The smallest absolute Gasteiger partial charge is 0.223 e. The van der Waals surface area contributed by atoms with E-state index in [1.165, 1.54) is 0 Å². The van der Waals surface area contributed by atoms with Gasteiger partial charge >= 0.3 is 0 Å². The molecule has 3 aromatic rings. The molecule has 0 amide bonds. The van der Waals surface area contributed by atoms with Crippen LogP contribution in [-0.2, 0) is 9.47 Å². The van der Waals surface area contributed by atoms with E-state index in [0.29, 0.717) is 24.3 Å². The maximum Gasteiger partial charge on any atom is 0.223 e. The summed E-state index contributed by atoms with van der Waals surface area (Å²) >= 11 is 5.47. The molecule has 1 aromatic heterocycles. The number of ether oxygens (including phenoxy) is 3. The van der Waals surface area contributed by atoms with Crippen LogP contribution in [-0.4, -0.2) is 59.7 Å². The normalized spacial score (nSPS) is 23.5. The molecule has 2 aliphatic rings. The molecule has 0 spiro atoms. The van der Waals surface area contributed by atoms with Crippen molar-refractivity contribution in [2.24, 2.45) is 0 Å². The van der Waals surface area contributed by atoms with Crippen LogP contribution >= 0.6 is 12.2 Å². The third-order valence-corrected chi connectivity index (χ3v) is 5.98. The fourth-order valence-corrected chi connectivity index (χ4v) is 4.39. The minimum absolute atomic E-state index is 0.0305. The van der Waals surface area contributed by atoms with Crippen molar-refractivity contribution in [3.63, 3.8) is 0 Å². The van der Waals surface area contributed by atoms with Crippen LogP contribution in [0.1, 0.15) is 0 Å². The highest BCUT2D eigenvalue weighted by molar-refractivity contribution is 7.80. The molecule has 4 unspecified atom stereocenters. The van der Waals surface area contributed by atoms with Crippen LogP contribution in [0.4, 0.5) is 11.6 Å². The Hall–Kier alpha value is -3.27. The van der Waals surface area contributed by atoms with E-state index in [1.54, 1.807) is 13.3 Å². The molecule has 3 heterocycles. The number of benzene rings is 2. The molecule has 4 atom stereocenters. The van der Waals surface area contributed by atoms with E-state index in [1.807, 2.05) is 60.7 Å². The lowest BCUT2D eigenvalue weighted by Gasteiger charge is -2.20. The minimum atomic E-state index is -0.115. The van der Waals surface area contributed by atoms with Crippen molar-refractivity contribution in [3.05, 3.63) is 66.9 Å². The Morgan fingerprint density at radius 2 is 1.70 bits per heavy atom. The van der Waals surface area contributed by atoms with Crippen molar-refractivity contribution in [1.29, 1.82) is 0 Å². The van der Waals surface area contributed by atoms with Gasteiger partial charge in [0, 0.05) is 17.4 Å². The summed E-state index contributed by atoms with van der Waals surface area (Å²) in [6.07, 6.45) is 1.52. The van der Waals surface area contributed by atoms with Gasteiger partial charge in [-0.15, -0.1) is 0 Å². The van der Waals surface area contributed by atoms with Gasteiger partial charge < -0.3 is 30.2 Å². The van der Waals surface area contributed by atoms with Crippen LogP contribution in [0.15, 0.2) is 66.9 Å². The van der Waals surface area contributed by atoms with E-state index in [4.69, 9.17) is 26.4 Å². The second-order valence-electron chi connectivity index (χ2n) is 7.91. The van der Waals surface area contributed by atoms with Crippen LogP contribution in [0.25, 0.3) is 11.3 Å². The summed E-state index contributed by atoms with van der Waals surface area (Å²) in [6.45, 7) is 1.01. The zero-order valence-corrected chi connectivity index (χ0v) is 18.9. The van der Waals surface area contributed by atoms with E-state index in [2.05, 4.69) is 25.9 Å². The van der Waals surface area contributed by atoms with Crippen LogP contribution in [0, 0.1) is 0 Å². The maximum absolute atomic E-state index is 6.06. The van der Waals surface area contributed by atoms with Crippen molar-refractivity contribution in [3.8, 4) is 17.0 Å². The summed E-state index contributed by atoms with van der Waals surface area (Å²) < 4.78 is 17.3. The summed E-state index contributed by atoms with van der Waals surface area (Å²) in [6, 6.07) is 19.4. The SMILES string of the molecule is COc1ccc(-c2ccnc(NC3COC4C(NC(=S)Nc5ccccc5)COC34)n2)cc1. The predicted octanol–water partition coefficient (Wildman–Crippen LogP) is 3.09. The molecule has 2 saturated heterocycles. The molecule has 0 aliphatic carbocycles. The standard InChI is InChI=1S/C24H25N5O3S/c1-30-17-9-7-15(8-10-17)18-11-12-25-23(27-18)28-19-13-31-22-20(14-32-21(19)22)29-24(33)26-16-5-3-2-4-6-16/h2-12,19-22H,13-14H2,1H3,(H,25,27,28)(H2,26,29,33). The number of hydrogen-bond acceptors (Lipinski definition) is 7. The van der Waals surface area contributed by atoms with Crippen molar-refractivity contribution in [1.82, 2.24) is 15.3 Å². The summed E-state index contributed by atoms with van der Waals surface area (Å²) in [5.74, 6) is 1.35. The number of nitrogens with zero attached hydrogens (tertiary/aromatic N) is 2. The Morgan fingerprint density at radius 1 is 0.970 bits per heavy atom. The molecule has 5 rings (SSSR count). The van der Waals surface area contributed by atoms with Gasteiger partial charge in [0.25, 0.3) is 0 Å². The highest BCUT2D eigenvalue weighted by Gasteiger charge is 2.48. The number of rotatable bonds is 6. The Balaban J connectivity index is 1.20. The second-order valence-corrected chi connectivity index (χ2v) is 8.32. The summed E-state index contributed by atoms with van der Waals surface area (Å²) in [7, 11) is 1.65. The Labute approximate surface area is 197 Å². The fourth-order valence-electron chi connectivity index (χ4n) is 4.12. The third kappa shape index (κ3) is 4.90. The molecule has 0 bridgehead atoms. The van der Waals surface area contributed by atoms with E-state index in [0.717, 1.165) is 22.7 Å². The van der Waals surface area contributed by atoms with Gasteiger partial charge in [-0.25, -0.2) is 9.97 Å². The van der Waals surface area contributed by atoms with Crippen molar-refractivity contribution in [2.75, 3.05) is 31.0 Å². The molecule has 8 nitrogen and oxygen atoms in total. The van der Waals surface area contributed by atoms with Gasteiger partial charge in [-0.1, -0.05) is 18.2 Å². The highest BCUT2D eigenvalue weighted by atomic mass is 32.1. The predicted molar refractivity (Wildman–Crippen MR) is 130 cm³/mol. The Kier molecular flexibility index (Phi) is 6.34. The van der Waals surface area contributed by atoms with Crippen LogP contribution in [0.5, 0.6) is 5.75 Å². The first kappa shape index (κ1) is 21.6. The van der Waals surface area contributed by atoms with Crippen molar-refractivity contribution < 1.29 is 14.2 Å². The van der Waals surface area contributed by atoms with E-state index in [9.17, 15) is 0 Å². The zero-order valence-electron chi connectivity index (χ0n) is 18.1. The van der Waals surface area contributed by atoms with Crippen LogP contribution in [0.3, 0.4) is 0 Å². The number of hydrogen-bond donors (Lipinski definition) is 3. The van der Waals surface area contributed by atoms with Gasteiger partial charge in [0.15, 0.2) is 5.11 Å². The molecule has 170 valence electrons. The van der Waals surface area contributed by atoms with Gasteiger partial charge in [-0.05, 0) is 54.7 Å². The van der Waals surface area contributed by atoms with Gasteiger partial charge in [-0.3, -0.25) is 0 Å². The van der Waals surface area contributed by atoms with Gasteiger partial charge in [0.05, 0.1) is 38.1 Å². The highest BCUT2D eigenvalue weighted by Crippen LogP contribution is 2.29. The first-order valence-electron chi connectivity index (χ1n) is 10.8. The first-order valence-corrected chi connectivity index (χ1v) is 11.2. The minimum Gasteiger partial charge on any atom is -0.497 e. The average molecular weight is 464 g/mol. The maximum atomic E-state index is 6.06. The molecular weight excluding hydrogens is 438 g/mol. The van der Waals surface area contributed by atoms with Crippen molar-refractivity contribution >= 4 is 29.0 Å². The van der Waals surface area contributed by atoms with E-state index >= 15 is 0 Å². The summed E-state index contributed by atoms with van der Waals surface area (Å²) in [5.41, 5.74) is 2.75. The number of fused-ring (bicyclic) bond motifs is 1. The lowest BCUT2D eigenvalue weighted by Crippen LogP contribution is -2.46. The number of thiocarbonyl (C=S) groups is 1. The lowest BCUT2D eigenvalue weighted by atomic mass is 10.1. The molecule has 0 saturated carbocycles. The topological polar surface area (TPSA) is 89.6 Å². The molecular formula is C24H25N5O3S. The Morgan fingerprint density at radius 3 is 2.45 bits per heavy atom. The summed E-state index contributed by atoms with van der Waals surface area (Å²) in [4.78, 5) is 9.06. The number of methoxy groups -OCH3 is 1. The lowest BCUT2D eigenvalue weighted by molar-refractivity contribution is 0.0689. The molecule has 33 heavy (non-hydrogen) atoms. The first-order chi connectivity index (χ1) is 16.2. The van der Waals surface area contributed by atoms with Crippen LogP contribution < -0.4 is 20.7 Å². The van der Waals surface area contributed by atoms with Gasteiger partial charge in [-0.2, -0.15) is 0 Å². The number of aromatic nitrogens is 2.